The lowest BCUT2D eigenvalue weighted by molar-refractivity contribution is -0.0763. The van der Waals surface area contributed by atoms with Gasteiger partial charge >= 0.3 is 0 Å². The van der Waals surface area contributed by atoms with E-state index in [2.05, 4.69) is 25.6 Å². The Kier molecular flexibility index (Phi) is 5.66. The molecule has 0 aromatic carbocycles. The van der Waals surface area contributed by atoms with Gasteiger partial charge in [0.05, 0.1) is 27.6 Å². The molecule has 33 heavy (non-hydrogen) atoms. The molecule has 2 aliphatic rings. The number of nitrogens with zero attached hydrogens (tertiary/aromatic N) is 4. The van der Waals surface area contributed by atoms with Crippen molar-refractivity contribution in [1.29, 1.82) is 0 Å². The summed E-state index contributed by atoms with van der Waals surface area (Å²) in [5.41, 5.74) is 0.802. The fraction of sp³-hybridized carbons (Fsp3) is 0.545. The lowest BCUT2D eigenvalue weighted by Crippen LogP contribution is -2.48. The lowest BCUT2D eigenvalue weighted by Gasteiger charge is -2.31. The lowest BCUT2D eigenvalue weighted by atomic mass is 10.0. The van der Waals surface area contributed by atoms with Gasteiger partial charge < -0.3 is 20.8 Å². The molecule has 0 saturated heterocycles. The van der Waals surface area contributed by atoms with Crippen LogP contribution in [0.25, 0.3) is 20.8 Å². The molecule has 0 spiro atoms. The molecule has 0 aliphatic heterocycles. The van der Waals surface area contributed by atoms with Gasteiger partial charge in [-0.15, -0.1) is 11.3 Å². The maximum atomic E-state index is 13.3. The Morgan fingerprint density at radius 1 is 1.18 bits per heavy atom. The van der Waals surface area contributed by atoms with Crippen LogP contribution in [0.2, 0.25) is 0 Å². The average Bonchev–Trinajstić information content (AvgIpc) is 3.41. The molecule has 2 saturated carbocycles. The van der Waals surface area contributed by atoms with Crippen LogP contribution in [-0.2, 0) is 0 Å². The third kappa shape index (κ3) is 4.24. The Morgan fingerprint density at radius 3 is 2.64 bits per heavy atom. The number of aryl methyl sites for hydroxylation is 2. The van der Waals surface area contributed by atoms with E-state index in [4.69, 9.17) is 4.98 Å². The molecule has 4 N–H and O–H groups in total. The van der Waals surface area contributed by atoms with E-state index < -0.39 is 24.2 Å². The second kappa shape index (κ2) is 8.37. The van der Waals surface area contributed by atoms with Crippen LogP contribution < -0.4 is 10.6 Å². The minimum atomic E-state index is -2.72. The Morgan fingerprint density at radius 2 is 1.97 bits per heavy atom. The Balaban J connectivity index is 1.56. The van der Waals surface area contributed by atoms with Gasteiger partial charge in [0.15, 0.2) is 5.72 Å². The van der Waals surface area contributed by atoms with Crippen LogP contribution in [0.5, 0.6) is 0 Å². The third-order valence-electron chi connectivity index (χ3n) is 6.45. The smallest absolute Gasteiger partial charge is 0.244 e. The van der Waals surface area contributed by atoms with Gasteiger partial charge in [-0.05, 0) is 51.5 Å². The molecule has 5 rings (SSSR count). The summed E-state index contributed by atoms with van der Waals surface area (Å²) in [5.74, 6) is -0.0806. The minimum absolute atomic E-state index is 0.000517. The van der Waals surface area contributed by atoms with Gasteiger partial charge in [0, 0.05) is 12.7 Å². The first kappa shape index (κ1) is 22.3. The topological polar surface area (TPSA) is 116 Å². The van der Waals surface area contributed by atoms with Crippen LogP contribution in [0.15, 0.2) is 12.3 Å². The van der Waals surface area contributed by atoms with E-state index in [1.54, 1.807) is 6.20 Å². The second-order valence-electron chi connectivity index (χ2n) is 8.97. The number of fused-ring (bicyclic) bond motifs is 1. The molecule has 2 aliphatic carbocycles. The van der Waals surface area contributed by atoms with Crippen molar-refractivity contribution in [1.82, 2.24) is 19.9 Å². The molecule has 3 unspecified atom stereocenters. The van der Waals surface area contributed by atoms with Crippen molar-refractivity contribution in [2.75, 3.05) is 17.2 Å². The van der Waals surface area contributed by atoms with E-state index in [1.165, 1.54) is 11.3 Å². The largest absolute Gasteiger partial charge is 0.388 e. The van der Waals surface area contributed by atoms with Gasteiger partial charge in [0.1, 0.15) is 22.4 Å². The number of rotatable bonds is 7. The number of aromatic nitrogens is 4. The molecule has 0 bridgehead atoms. The van der Waals surface area contributed by atoms with E-state index in [0.717, 1.165) is 35.3 Å². The van der Waals surface area contributed by atoms with Crippen molar-refractivity contribution >= 4 is 33.3 Å². The highest BCUT2D eigenvalue weighted by Gasteiger charge is 2.50. The summed E-state index contributed by atoms with van der Waals surface area (Å²) in [6.45, 7) is 4.44. The number of hydrogen-bond acceptors (Lipinski definition) is 9. The molecule has 3 aromatic heterocycles. The zero-order valence-corrected chi connectivity index (χ0v) is 19.2. The quantitative estimate of drug-likeness (QED) is 0.381. The molecule has 3 heterocycles. The highest BCUT2D eigenvalue weighted by Crippen LogP contribution is 2.42. The minimum Gasteiger partial charge on any atom is -0.388 e. The first-order chi connectivity index (χ1) is 15.7. The van der Waals surface area contributed by atoms with Crippen molar-refractivity contribution in [2.24, 2.45) is 11.8 Å². The van der Waals surface area contributed by atoms with Gasteiger partial charge in [-0.25, -0.2) is 18.7 Å². The van der Waals surface area contributed by atoms with E-state index in [0.29, 0.717) is 28.1 Å². The molecule has 0 radical (unpaired) electrons. The number of hydrogen-bond donors (Lipinski definition) is 4. The van der Waals surface area contributed by atoms with Crippen LogP contribution in [0.3, 0.4) is 0 Å². The van der Waals surface area contributed by atoms with E-state index >= 15 is 0 Å². The summed E-state index contributed by atoms with van der Waals surface area (Å²) < 4.78 is 27.6. The standard InChI is InChI=1S/C22H26F2N6O2S/c1-10-15(20-28-16-11(2)25-8-6-14(16)33-20)19(29-21(27-10)26-9-12-3-4-12)30-22(32)7-5-13(17(22)31)18(23)24/h6,8,12-13,17-18,31-32H,3-5,7,9H2,1-2H3,(H2,26,27,29,30). The van der Waals surface area contributed by atoms with E-state index in [1.807, 2.05) is 19.9 Å². The third-order valence-corrected chi connectivity index (χ3v) is 7.49. The van der Waals surface area contributed by atoms with Crippen molar-refractivity contribution in [3.8, 4) is 10.6 Å². The highest BCUT2D eigenvalue weighted by atomic mass is 32.1. The van der Waals surface area contributed by atoms with Crippen molar-refractivity contribution in [2.45, 2.75) is 57.8 Å². The monoisotopic (exact) mass is 476 g/mol. The van der Waals surface area contributed by atoms with E-state index in [-0.39, 0.29) is 18.7 Å². The molecular formula is C22H26F2N6O2S. The second-order valence-corrected chi connectivity index (χ2v) is 10.0. The summed E-state index contributed by atoms with van der Waals surface area (Å²) >= 11 is 1.43. The summed E-state index contributed by atoms with van der Waals surface area (Å²) in [6, 6.07) is 1.87. The van der Waals surface area contributed by atoms with Crippen LogP contribution in [0, 0.1) is 25.7 Å². The molecule has 2 fully saturated rings. The van der Waals surface area contributed by atoms with Crippen molar-refractivity contribution in [3.05, 3.63) is 23.7 Å². The molecule has 11 heteroatoms. The summed E-state index contributed by atoms with van der Waals surface area (Å²) in [7, 11) is 0. The number of nitrogens with one attached hydrogen (secondary N) is 2. The number of thiazole rings is 1. The molecule has 3 atom stereocenters. The summed E-state index contributed by atoms with van der Waals surface area (Å²) in [6.07, 6.45) is -0.345. The van der Waals surface area contributed by atoms with Crippen LogP contribution in [0.1, 0.15) is 37.1 Å². The van der Waals surface area contributed by atoms with Crippen molar-refractivity contribution in [3.63, 3.8) is 0 Å². The number of anilines is 2. The van der Waals surface area contributed by atoms with Crippen LogP contribution >= 0.6 is 11.3 Å². The fourth-order valence-corrected chi connectivity index (χ4v) is 5.41. The number of pyridine rings is 1. The molecule has 3 aromatic rings. The van der Waals surface area contributed by atoms with Gasteiger partial charge in [-0.1, -0.05) is 0 Å². The summed E-state index contributed by atoms with van der Waals surface area (Å²) in [5, 5.41) is 28.3. The van der Waals surface area contributed by atoms with Gasteiger partial charge in [0.25, 0.3) is 0 Å². The Hall–Kier alpha value is -2.50. The molecule has 0 amide bonds. The highest BCUT2D eigenvalue weighted by molar-refractivity contribution is 7.21. The maximum absolute atomic E-state index is 13.3. The number of aliphatic hydroxyl groups excluding tert-OH is 1. The molecular weight excluding hydrogens is 450 g/mol. The van der Waals surface area contributed by atoms with Gasteiger partial charge in [-0.2, -0.15) is 4.98 Å². The normalized spacial score (nSPS) is 25.2. The van der Waals surface area contributed by atoms with E-state index in [9.17, 15) is 19.0 Å². The predicted molar refractivity (Wildman–Crippen MR) is 122 cm³/mol. The maximum Gasteiger partial charge on any atom is 0.244 e. The Bertz CT molecular complexity index is 1190. The molecule has 8 nitrogen and oxygen atoms in total. The number of aliphatic hydroxyl groups is 2. The summed E-state index contributed by atoms with van der Waals surface area (Å²) in [4.78, 5) is 18.2. The van der Waals surface area contributed by atoms with Gasteiger partial charge in [-0.3, -0.25) is 4.98 Å². The number of halogens is 2. The average molecular weight is 477 g/mol. The SMILES string of the molecule is Cc1nc(NCC2CC2)nc(NC2(O)CCC(C(F)F)C2O)c1-c1nc2c(C)nccc2s1. The zero-order valence-electron chi connectivity index (χ0n) is 18.3. The van der Waals surface area contributed by atoms with Crippen LogP contribution in [-0.4, -0.2) is 54.9 Å². The first-order valence-corrected chi connectivity index (χ1v) is 11.9. The first-order valence-electron chi connectivity index (χ1n) is 11.1. The van der Waals surface area contributed by atoms with Gasteiger partial charge in [0.2, 0.25) is 12.4 Å². The Labute approximate surface area is 193 Å². The predicted octanol–water partition coefficient (Wildman–Crippen LogP) is 3.72. The zero-order chi connectivity index (χ0) is 23.3. The number of alkyl halides is 2. The molecule has 176 valence electrons. The van der Waals surface area contributed by atoms with Crippen molar-refractivity contribution < 1.29 is 19.0 Å². The fourth-order valence-electron chi connectivity index (χ4n) is 4.30. The van der Waals surface area contributed by atoms with Crippen LogP contribution in [0.4, 0.5) is 20.5 Å².